The van der Waals surface area contributed by atoms with Gasteiger partial charge in [0.05, 0.1) is 28.1 Å². The fraction of sp³-hybridized carbons (Fsp3) is 0.120. The molecule has 0 bridgehead atoms. The highest BCUT2D eigenvalue weighted by atomic mass is 35.5. The molecule has 1 atom stereocenters. The fourth-order valence-electron chi connectivity index (χ4n) is 3.67. The van der Waals surface area contributed by atoms with Crippen molar-refractivity contribution in [1.29, 1.82) is 5.26 Å². The molecule has 12 heteroatoms. The minimum Gasteiger partial charge on any atom is -0.497 e. The molecule has 0 amide bonds. The Morgan fingerprint density at radius 2 is 1.68 bits per heavy atom. The average Bonchev–Trinajstić information content (AvgIpc) is 2.89. The van der Waals surface area contributed by atoms with Gasteiger partial charge < -0.3 is 24.7 Å². The first kappa shape index (κ1) is 27.1. The van der Waals surface area contributed by atoms with E-state index in [2.05, 4.69) is 6.07 Å². The van der Waals surface area contributed by atoms with Crippen LogP contribution in [0.1, 0.15) is 17.0 Å². The predicted molar refractivity (Wildman–Crippen MR) is 141 cm³/mol. The summed E-state index contributed by atoms with van der Waals surface area (Å²) >= 11 is 30.2. The number of nitriles is 1. The van der Waals surface area contributed by atoms with Gasteiger partial charge in [-0.1, -0.05) is 76.2 Å². The van der Waals surface area contributed by atoms with E-state index >= 15 is 0 Å². The molecule has 1 unspecified atom stereocenters. The molecule has 2 N–H and O–H groups in total. The molecule has 0 fully saturated rings. The molecule has 3 aromatic rings. The molecule has 190 valence electrons. The van der Waals surface area contributed by atoms with Crippen LogP contribution in [-0.4, -0.2) is 19.7 Å². The summed E-state index contributed by atoms with van der Waals surface area (Å²) in [6.45, 7) is -0.571. The predicted octanol–water partition coefficient (Wildman–Crippen LogP) is 7.16. The molecule has 0 radical (unpaired) electrons. The van der Waals surface area contributed by atoms with Crippen molar-refractivity contribution in [3.63, 3.8) is 0 Å². The van der Waals surface area contributed by atoms with Crippen molar-refractivity contribution in [2.45, 2.75) is 5.92 Å². The monoisotopic (exact) mass is 598 g/mol. The quantitative estimate of drug-likeness (QED) is 0.139. The molecule has 1 heterocycles. The highest BCUT2D eigenvalue weighted by Gasteiger charge is 2.31. The minimum atomic E-state index is -0.782. The SMILES string of the molecule is COc1cccc(C2C(C#N)=C(N)Oc3cc(OC(=O)COc4c(Cl)c(Cl)c(Cl)c(Cl)c4Cl)ccc32)c1. The Bertz CT molecular complexity index is 1460. The summed E-state index contributed by atoms with van der Waals surface area (Å²) in [4.78, 5) is 12.5. The normalized spacial score (nSPS) is 14.4. The van der Waals surface area contributed by atoms with Crippen LogP contribution in [0.15, 0.2) is 53.9 Å². The number of halogens is 5. The number of rotatable bonds is 6. The van der Waals surface area contributed by atoms with E-state index in [4.69, 9.17) is 82.7 Å². The van der Waals surface area contributed by atoms with E-state index < -0.39 is 18.5 Å². The zero-order chi connectivity index (χ0) is 26.9. The smallest absolute Gasteiger partial charge is 0.349 e. The summed E-state index contributed by atoms with van der Waals surface area (Å²) in [6, 6.07) is 14.1. The lowest BCUT2D eigenvalue weighted by Crippen LogP contribution is -2.22. The minimum absolute atomic E-state index is 0.0394. The number of nitrogens with two attached hydrogens (primary N) is 1. The zero-order valence-electron chi connectivity index (χ0n) is 18.8. The molecule has 4 rings (SSSR count). The average molecular weight is 601 g/mol. The largest absolute Gasteiger partial charge is 0.497 e. The molecule has 0 aromatic heterocycles. The van der Waals surface area contributed by atoms with Gasteiger partial charge >= 0.3 is 5.97 Å². The van der Waals surface area contributed by atoms with Crippen LogP contribution in [0.5, 0.6) is 23.0 Å². The van der Waals surface area contributed by atoms with Gasteiger partial charge in [0.1, 0.15) is 38.9 Å². The number of benzene rings is 3. The van der Waals surface area contributed by atoms with Gasteiger partial charge in [0.15, 0.2) is 12.4 Å². The van der Waals surface area contributed by atoms with Gasteiger partial charge in [-0.15, -0.1) is 0 Å². The zero-order valence-corrected chi connectivity index (χ0v) is 22.6. The van der Waals surface area contributed by atoms with Gasteiger partial charge in [-0.05, 0) is 23.8 Å². The summed E-state index contributed by atoms with van der Waals surface area (Å²) in [7, 11) is 1.55. The number of carbonyl (C=O) groups excluding carboxylic acids is 1. The van der Waals surface area contributed by atoms with Crippen LogP contribution in [0.4, 0.5) is 0 Å². The van der Waals surface area contributed by atoms with Crippen molar-refractivity contribution in [2.24, 2.45) is 5.73 Å². The van der Waals surface area contributed by atoms with Crippen LogP contribution in [0.2, 0.25) is 25.1 Å². The fourth-order valence-corrected chi connectivity index (χ4v) is 4.90. The van der Waals surface area contributed by atoms with Crippen LogP contribution >= 0.6 is 58.0 Å². The summed E-state index contributed by atoms with van der Waals surface area (Å²) < 4.78 is 21.7. The molecular weight excluding hydrogens is 586 g/mol. The molecular formula is C25H15Cl5N2O5. The molecule has 7 nitrogen and oxygen atoms in total. The van der Waals surface area contributed by atoms with Crippen LogP contribution in [0.3, 0.4) is 0 Å². The molecule has 1 aliphatic heterocycles. The second-order valence-corrected chi connectivity index (χ2v) is 9.45. The van der Waals surface area contributed by atoms with Gasteiger partial charge in [-0.25, -0.2) is 4.79 Å². The Morgan fingerprint density at radius 3 is 2.32 bits per heavy atom. The third-order valence-corrected chi connectivity index (χ3v) is 7.60. The highest BCUT2D eigenvalue weighted by molar-refractivity contribution is 6.55. The van der Waals surface area contributed by atoms with E-state index in [1.54, 1.807) is 31.4 Å². The molecule has 1 aliphatic rings. The maximum Gasteiger partial charge on any atom is 0.349 e. The van der Waals surface area contributed by atoms with E-state index in [1.165, 1.54) is 6.07 Å². The summed E-state index contributed by atoms with van der Waals surface area (Å²) in [5.41, 5.74) is 7.72. The lowest BCUT2D eigenvalue weighted by atomic mass is 9.83. The second kappa shape index (κ2) is 11.2. The molecule has 3 aromatic carbocycles. The number of hydrogen-bond acceptors (Lipinski definition) is 7. The number of carbonyl (C=O) groups is 1. The van der Waals surface area contributed by atoms with Crippen molar-refractivity contribution in [1.82, 2.24) is 0 Å². The number of hydrogen-bond donors (Lipinski definition) is 1. The Hall–Kier alpha value is -2.99. The second-order valence-electron chi connectivity index (χ2n) is 7.56. The summed E-state index contributed by atoms with van der Waals surface area (Å²) in [5.74, 6) is -0.383. The van der Waals surface area contributed by atoms with Gasteiger partial charge in [0.25, 0.3) is 0 Å². The Balaban J connectivity index is 1.56. The number of fused-ring (bicyclic) bond motifs is 1. The topological polar surface area (TPSA) is 104 Å². The summed E-state index contributed by atoms with van der Waals surface area (Å²) in [5, 5.41) is 9.36. The summed E-state index contributed by atoms with van der Waals surface area (Å²) in [6.07, 6.45) is 0. The van der Waals surface area contributed by atoms with Gasteiger partial charge in [0.2, 0.25) is 5.88 Å². The maximum absolute atomic E-state index is 12.5. The van der Waals surface area contributed by atoms with E-state index in [-0.39, 0.29) is 48.1 Å². The van der Waals surface area contributed by atoms with Crippen molar-refractivity contribution >= 4 is 64.0 Å². The number of ether oxygens (including phenoxy) is 4. The van der Waals surface area contributed by atoms with Crippen LogP contribution in [0, 0.1) is 11.3 Å². The highest BCUT2D eigenvalue weighted by Crippen LogP contribution is 2.48. The first-order chi connectivity index (χ1) is 17.7. The molecule has 0 saturated heterocycles. The van der Waals surface area contributed by atoms with Gasteiger partial charge in [-0.3, -0.25) is 0 Å². The Morgan fingerprint density at radius 1 is 1.00 bits per heavy atom. The number of esters is 1. The van der Waals surface area contributed by atoms with E-state index in [0.717, 1.165) is 5.56 Å². The van der Waals surface area contributed by atoms with Crippen molar-refractivity contribution in [2.75, 3.05) is 13.7 Å². The first-order valence-electron chi connectivity index (χ1n) is 10.4. The van der Waals surface area contributed by atoms with Gasteiger partial charge in [0, 0.05) is 11.6 Å². The van der Waals surface area contributed by atoms with Crippen LogP contribution in [0.25, 0.3) is 0 Å². The lowest BCUT2D eigenvalue weighted by molar-refractivity contribution is -0.136. The number of allylic oxidation sites excluding steroid dienone is 1. The Labute approximate surface area is 236 Å². The van der Waals surface area contributed by atoms with E-state index in [9.17, 15) is 10.1 Å². The third-order valence-electron chi connectivity index (χ3n) is 5.35. The number of nitrogens with zero attached hydrogens (tertiary/aromatic N) is 1. The van der Waals surface area contributed by atoms with E-state index in [0.29, 0.717) is 17.1 Å². The van der Waals surface area contributed by atoms with Crippen molar-refractivity contribution < 1.29 is 23.7 Å². The maximum atomic E-state index is 12.5. The Kier molecular flexibility index (Phi) is 8.17. The number of methoxy groups -OCH3 is 1. The van der Waals surface area contributed by atoms with E-state index in [1.807, 2.05) is 12.1 Å². The van der Waals surface area contributed by atoms with Gasteiger partial charge in [-0.2, -0.15) is 5.26 Å². The molecule has 0 saturated carbocycles. The van der Waals surface area contributed by atoms with Crippen LogP contribution in [-0.2, 0) is 4.79 Å². The van der Waals surface area contributed by atoms with Crippen molar-refractivity contribution in [3.05, 3.63) is 90.2 Å². The lowest BCUT2D eigenvalue weighted by Gasteiger charge is -2.27. The molecule has 37 heavy (non-hydrogen) atoms. The standard InChI is InChI=1S/C25H15Cl5N2O5/c1-34-12-4-2-3-11(7-12)18-14-6-5-13(8-16(14)37-25(32)15(18)9-31)36-17(33)10-35-24-22(29)20(27)19(26)21(28)23(24)30/h2-8,18H,10,32H2,1H3. The molecule has 0 spiro atoms. The third kappa shape index (κ3) is 5.35. The molecule has 0 aliphatic carbocycles. The first-order valence-corrected chi connectivity index (χ1v) is 12.3. The van der Waals surface area contributed by atoms with Crippen molar-refractivity contribution in [3.8, 4) is 29.1 Å². The van der Waals surface area contributed by atoms with Crippen LogP contribution < -0.4 is 24.7 Å².